The van der Waals surface area contributed by atoms with Crippen molar-refractivity contribution in [2.24, 2.45) is 0 Å². The molecule has 1 aliphatic heterocycles. The summed E-state index contributed by atoms with van der Waals surface area (Å²) in [6.07, 6.45) is 1.06. The Morgan fingerprint density at radius 3 is 2.82 bits per heavy atom. The summed E-state index contributed by atoms with van der Waals surface area (Å²) in [4.78, 5) is 13.2. The summed E-state index contributed by atoms with van der Waals surface area (Å²) in [5.41, 5.74) is 1.64. The average Bonchev–Trinajstić information content (AvgIpc) is 2.62. The number of aryl methyl sites for hydroxylation is 1. The molecule has 2 rings (SSSR count). The van der Waals surface area contributed by atoms with Crippen molar-refractivity contribution in [2.75, 3.05) is 20.6 Å². The quantitative estimate of drug-likeness (QED) is 0.797. The number of fused-ring (bicyclic) bond motifs is 1. The minimum absolute atomic E-state index is 0.0319. The van der Waals surface area contributed by atoms with E-state index in [1.807, 2.05) is 24.6 Å². The van der Waals surface area contributed by atoms with Crippen LogP contribution in [0.2, 0.25) is 0 Å². The van der Waals surface area contributed by atoms with Gasteiger partial charge in [0.25, 0.3) is 5.91 Å². The van der Waals surface area contributed by atoms with Crippen molar-refractivity contribution in [2.45, 2.75) is 33.4 Å². The van der Waals surface area contributed by atoms with Gasteiger partial charge in [0.05, 0.1) is 5.69 Å². The molecule has 0 radical (unpaired) electrons. The van der Waals surface area contributed by atoms with Crippen LogP contribution >= 0.6 is 0 Å². The Bertz CT molecular complexity index is 347. The van der Waals surface area contributed by atoms with Crippen LogP contribution in [-0.2, 0) is 13.1 Å². The van der Waals surface area contributed by atoms with E-state index in [0.29, 0.717) is 5.69 Å². The van der Waals surface area contributed by atoms with E-state index in [4.69, 9.17) is 0 Å². The van der Waals surface area contributed by atoms with E-state index in [0.717, 1.165) is 31.7 Å². The molecule has 2 heterocycles. The first-order valence-electron chi connectivity index (χ1n) is 6.17. The minimum atomic E-state index is -0.0319. The lowest BCUT2D eigenvalue weighted by atomic mass is 10.3. The van der Waals surface area contributed by atoms with Crippen LogP contribution < -0.4 is 5.32 Å². The van der Waals surface area contributed by atoms with E-state index in [2.05, 4.69) is 10.4 Å². The molecule has 1 N–H and O–H groups in total. The fourth-order valence-electron chi connectivity index (χ4n) is 1.70. The van der Waals surface area contributed by atoms with E-state index < -0.39 is 0 Å². The van der Waals surface area contributed by atoms with Gasteiger partial charge < -0.3 is 10.2 Å². The summed E-state index contributed by atoms with van der Waals surface area (Å²) in [6, 6.07) is 1.88. The van der Waals surface area contributed by atoms with Crippen LogP contribution in [0.1, 0.15) is 36.5 Å². The Morgan fingerprint density at radius 2 is 2.18 bits per heavy atom. The van der Waals surface area contributed by atoms with Crippen molar-refractivity contribution in [3.8, 4) is 0 Å². The standard InChI is InChI=1S/C10H16N4O.C2H6/c1-13(2)10(15)9-6-8-7-11-4-3-5-14(8)12-9;1-2/h6,11H,3-5,7H2,1-2H3;1-2H3. The van der Waals surface area contributed by atoms with Gasteiger partial charge in [-0.05, 0) is 19.0 Å². The predicted molar refractivity (Wildman–Crippen MR) is 67.9 cm³/mol. The molecule has 0 unspecified atom stereocenters. The third-order valence-electron chi connectivity index (χ3n) is 2.52. The summed E-state index contributed by atoms with van der Waals surface area (Å²) in [6.45, 7) is 6.71. The number of amides is 1. The molecule has 17 heavy (non-hydrogen) atoms. The first kappa shape index (κ1) is 13.7. The molecule has 0 saturated carbocycles. The van der Waals surface area contributed by atoms with Crippen molar-refractivity contribution in [1.29, 1.82) is 0 Å². The number of nitrogens with one attached hydrogen (secondary N) is 1. The number of hydrogen-bond acceptors (Lipinski definition) is 3. The van der Waals surface area contributed by atoms with Crippen molar-refractivity contribution in [3.63, 3.8) is 0 Å². The van der Waals surface area contributed by atoms with Gasteiger partial charge in [-0.1, -0.05) is 13.8 Å². The molecule has 1 aromatic rings. The lowest BCUT2D eigenvalue weighted by Crippen LogP contribution is -2.22. The number of rotatable bonds is 1. The number of aromatic nitrogens is 2. The Hall–Kier alpha value is -1.36. The molecule has 0 atom stereocenters. The van der Waals surface area contributed by atoms with E-state index in [-0.39, 0.29) is 5.91 Å². The summed E-state index contributed by atoms with van der Waals surface area (Å²) >= 11 is 0. The van der Waals surface area contributed by atoms with Crippen LogP contribution in [0, 0.1) is 0 Å². The fraction of sp³-hybridized carbons (Fsp3) is 0.667. The van der Waals surface area contributed by atoms with Crippen molar-refractivity contribution in [3.05, 3.63) is 17.5 Å². The van der Waals surface area contributed by atoms with Crippen LogP contribution in [0.4, 0.5) is 0 Å². The molecule has 5 heteroatoms. The molecule has 0 bridgehead atoms. The maximum atomic E-state index is 11.7. The van der Waals surface area contributed by atoms with Crippen LogP contribution in [0.3, 0.4) is 0 Å². The molecular weight excluding hydrogens is 216 g/mol. The predicted octanol–water partition coefficient (Wildman–Crippen LogP) is 1.10. The van der Waals surface area contributed by atoms with Gasteiger partial charge in [-0.25, -0.2) is 0 Å². The fourth-order valence-corrected chi connectivity index (χ4v) is 1.70. The Labute approximate surface area is 103 Å². The van der Waals surface area contributed by atoms with Gasteiger partial charge in [0, 0.05) is 27.2 Å². The molecule has 0 fully saturated rings. The Balaban J connectivity index is 0.000000686. The maximum absolute atomic E-state index is 11.7. The highest BCUT2D eigenvalue weighted by atomic mass is 16.2. The molecule has 1 aliphatic rings. The maximum Gasteiger partial charge on any atom is 0.273 e. The lowest BCUT2D eigenvalue weighted by Gasteiger charge is -2.06. The molecule has 0 aliphatic carbocycles. The molecule has 96 valence electrons. The largest absolute Gasteiger partial charge is 0.343 e. The van der Waals surface area contributed by atoms with Gasteiger partial charge >= 0.3 is 0 Å². The second-order valence-electron chi connectivity index (χ2n) is 3.97. The van der Waals surface area contributed by atoms with Gasteiger partial charge in [-0.15, -0.1) is 0 Å². The van der Waals surface area contributed by atoms with Gasteiger partial charge in [-0.3, -0.25) is 9.48 Å². The number of carbonyl (C=O) groups excluding carboxylic acids is 1. The smallest absolute Gasteiger partial charge is 0.273 e. The lowest BCUT2D eigenvalue weighted by molar-refractivity contribution is 0.0821. The van der Waals surface area contributed by atoms with E-state index >= 15 is 0 Å². The summed E-state index contributed by atoms with van der Waals surface area (Å²) < 4.78 is 1.93. The highest BCUT2D eigenvalue weighted by Gasteiger charge is 2.16. The van der Waals surface area contributed by atoms with Crippen LogP contribution in [0.15, 0.2) is 6.07 Å². The molecule has 5 nitrogen and oxygen atoms in total. The average molecular weight is 238 g/mol. The molecule has 0 spiro atoms. The van der Waals surface area contributed by atoms with E-state index in [1.54, 1.807) is 19.0 Å². The molecule has 0 saturated heterocycles. The second-order valence-corrected chi connectivity index (χ2v) is 3.97. The third kappa shape index (κ3) is 3.30. The number of carbonyl (C=O) groups is 1. The van der Waals surface area contributed by atoms with Gasteiger partial charge in [0.2, 0.25) is 0 Å². The van der Waals surface area contributed by atoms with Crippen molar-refractivity contribution >= 4 is 5.91 Å². The minimum Gasteiger partial charge on any atom is -0.343 e. The third-order valence-corrected chi connectivity index (χ3v) is 2.52. The normalized spacial score (nSPS) is 14.1. The highest BCUT2D eigenvalue weighted by Crippen LogP contribution is 2.09. The number of nitrogens with zero attached hydrogens (tertiary/aromatic N) is 3. The zero-order chi connectivity index (χ0) is 12.8. The van der Waals surface area contributed by atoms with Crippen LogP contribution in [0.5, 0.6) is 0 Å². The summed E-state index contributed by atoms with van der Waals surface area (Å²) in [5.74, 6) is -0.0319. The molecule has 1 aromatic heterocycles. The second kappa shape index (κ2) is 6.39. The topological polar surface area (TPSA) is 50.2 Å². The van der Waals surface area contributed by atoms with Crippen LogP contribution in [-0.4, -0.2) is 41.2 Å². The monoisotopic (exact) mass is 238 g/mol. The van der Waals surface area contributed by atoms with Gasteiger partial charge in [0.1, 0.15) is 0 Å². The first-order chi connectivity index (χ1) is 8.18. The first-order valence-corrected chi connectivity index (χ1v) is 6.17. The Kier molecular flexibility index (Phi) is 5.15. The number of hydrogen-bond donors (Lipinski definition) is 1. The van der Waals surface area contributed by atoms with Crippen LogP contribution in [0.25, 0.3) is 0 Å². The van der Waals surface area contributed by atoms with E-state index in [1.165, 1.54) is 0 Å². The van der Waals surface area contributed by atoms with Crippen molar-refractivity contribution in [1.82, 2.24) is 20.0 Å². The SMILES string of the molecule is CC.CN(C)C(=O)c1cc2n(n1)CCCNC2. The van der Waals surface area contributed by atoms with Gasteiger partial charge in [0.15, 0.2) is 5.69 Å². The molecule has 1 amide bonds. The Morgan fingerprint density at radius 1 is 1.47 bits per heavy atom. The zero-order valence-corrected chi connectivity index (χ0v) is 11.2. The molecule has 0 aromatic carbocycles. The van der Waals surface area contributed by atoms with Gasteiger partial charge in [-0.2, -0.15) is 5.10 Å². The van der Waals surface area contributed by atoms with E-state index in [9.17, 15) is 4.79 Å². The highest BCUT2D eigenvalue weighted by molar-refractivity contribution is 5.92. The molecular formula is C12H22N4O. The summed E-state index contributed by atoms with van der Waals surface area (Å²) in [5, 5.41) is 7.62. The zero-order valence-electron chi connectivity index (χ0n) is 11.2. The van der Waals surface area contributed by atoms with Crippen molar-refractivity contribution < 1.29 is 4.79 Å². The summed E-state index contributed by atoms with van der Waals surface area (Å²) in [7, 11) is 3.48.